The number of hydrogen-bond acceptors (Lipinski definition) is 5. The number of ether oxygens (including phenoxy) is 1. The van der Waals surface area contributed by atoms with Crippen molar-refractivity contribution in [3.05, 3.63) is 11.8 Å². The summed E-state index contributed by atoms with van der Waals surface area (Å²) >= 11 is 0. The lowest BCUT2D eigenvalue weighted by molar-refractivity contribution is -0.138. The highest BCUT2D eigenvalue weighted by atomic mass is 16.5. The van der Waals surface area contributed by atoms with Crippen molar-refractivity contribution in [2.75, 3.05) is 18.1 Å². The van der Waals surface area contributed by atoms with Crippen LogP contribution in [0.5, 0.6) is 0 Å². The SMILES string of the molecule is Cn1ncc(CN)c1N1C(=O)COCC1=O. The molecular formula is C9H12N4O3. The molecule has 1 aliphatic heterocycles. The number of carbonyl (C=O) groups excluding carboxylic acids is 2. The van der Waals surface area contributed by atoms with Crippen molar-refractivity contribution in [1.82, 2.24) is 9.78 Å². The Labute approximate surface area is 91.8 Å². The summed E-state index contributed by atoms with van der Waals surface area (Å²) in [4.78, 5) is 24.3. The lowest BCUT2D eigenvalue weighted by Crippen LogP contribution is -2.47. The number of rotatable bonds is 2. The van der Waals surface area contributed by atoms with Crippen molar-refractivity contribution in [2.24, 2.45) is 12.8 Å². The van der Waals surface area contributed by atoms with Gasteiger partial charge in [-0.05, 0) is 0 Å². The van der Waals surface area contributed by atoms with Gasteiger partial charge in [0, 0.05) is 19.2 Å². The van der Waals surface area contributed by atoms with E-state index in [0.29, 0.717) is 11.4 Å². The predicted octanol–water partition coefficient (Wildman–Crippen LogP) is -1.23. The van der Waals surface area contributed by atoms with E-state index in [9.17, 15) is 9.59 Å². The smallest absolute Gasteiger partial charge is 0.261 e. The molecule has 0 saturated carbocycles. The van der Waals surface area contributed by atoms with Crippen LogP contribution in [-0.4, -0.2) is 34.8 Å². The molecule has 7 heteroatoms. The molecule has 2 heterocycles. The minimum atomic E-state index is -0.394. The zero-order valence-corrected chi connectivity index (χ0v) is 8.84. The van der Waals surface area contributed by atoms with E-state index >= 15 is 0 Å². The van der Waals surface area contributed by atoms with Gasteiger partial charge in [-0.15, -0.1) is 0 Å². The van der Waals surface area contributed by atoms with E-state index in [1.165, 1.54) is 4.68 Å². The van der Waals surface area contributed by atoms with Crippen LogP contribution in [0, 0.1) is 0 Å². The molecule has 0 atom stereocenters. The Morgan fingerprint density at radius 1 is 1.44 bits per heavy atom. The molecular weight excluding hydrogens is 212 g/mol. The first-order chi connectivity index (χ1) is 7.65. The number of morpholine rings is 1. The molecule has 1 aromatic heterocycles. The molecule has 0 radical (unpaired) electrons. The number of carbonyl (C=O) groups is 2. The highest BCUT2D eigenvalue weighted by Gasteiger charge is 2.31. The molecule has 2 rings (SSSR count). The third-order valence-corrected chi connectivity index (χ3v) is 2.36. The summed E-state index contributed by atoms with van der Waals surface area (Å²) < 4.78 is 6.30. The van der Waals surface area contributed by atoms with Crippen LogP contribution in [0.3, 0.4) is 0 Å². The molecule has 0 aliphatic carbocycles. The standard InChI is InChI=1S/C9H12N4O3/c1-12-9(6(2-10)3-11-12)13-7(14)4-16-5-8(13)15/h3H,2,4-5,10H2,1H3. The molecule has 0 bridgehead atoms. The Balaban J connectivity index is 2.44. The lowest BCUT2D eigenvalue weighted by atomic mass is 10.3. The predicted molar refractivity (Wildman–Crippen MR) is 54.4 cm³/mol. The average Bonchev–Trinajstić information content (AvgIpc) is 2.60. The summed E-state index contributed by atoms with van der Waals surface area (Å²) in [6.45, 7) is 0.0307. The maximum absolute atomic E-state index is 11.6. The number of imide groups is 1. The second kappa shape index (κ2) is 4.03. The molecule has 1 aromatic rings. The van der Waals surface area contributed by atoms with Crippen molar-refractivity contribution in [3.63, 3.8) is 0 Å². The highest BCUT2D eigenvalue weighted by molar-refractivity contribution is 6.16. The van der Waals surface area contributed by atoms with Crippen molar-refractivity contribution in [2.45, 2.75) is 6.54 Å². The fraction of sp³-hybridized carbons (Fsp3) is 0.444. The molecule has 16 heavy (non-hydrogen) atoms. The number of aromatic nitrogens is 2. The number of hydrogen-bond donors (Lipinski definition) is 1. The number of anilines is 1. The zero-order valence-electron chi connectivity index (χ0n) is 8.84. The summed E-state index contributed by atoms with van der Waals surface area (Å²) in [7, 11) is 1.66. The van der Waals surface area contributed by atoms with Gasteiger partial charge in [0.15, 0.2) is 0 Å². The lowest BCUT2D eigenvalue weighted by Gasteiger charge is -2.25. The summed E-state index contributed by atoms with van der Waals surface area (Å²) in [5.74, 6) is -0.357. The Hall–Kier alpha value is -1.73. The van der Waals surface area contributed by atoms with E-state index in [2.05, 4.69) is 5.10 Å². The minimum Gasteiger partial charge on any atom is -0.362 e. The molecule has 86 valence electrons. The van der Waals surface area contributed by atoms with Crippen LogP contribution in [0.2, 0.25) is 0 Å². The first-order valence-corrected chi connectivity index (χ1v) is 4.79. The molecule has 0 spiro atoms. The van der Waals surface area contributed by atoms with E-state index in [1.807, 2.05) is 0 Å². The molecule has 2 N–H and O–H groups in total. The first kappa shape index (κ1) is 10.8. The fourth-order valence-electron chi connectivity index (χ4n) is 1.64. The number of nitrogens with zero attached hydrogens (tertiary/aromatic N) is 3. The highest BCUT2D eigenvalue weighted by Crippen LogP contribution is 2.21. The van der Waals surface area contributed by atoms with Gasteiger partial charge >= 0.3 is 0 Å². The molecule has 7 nitrogen and oxygen atoms in total. The van der Waals surface area contributed by atoms with Crippen molar-refractivity contribution >= 4 is 17.6 Å². The van der Waals surface area contributed by atoms with Gasteiger partial charge in [-0.2, -0.15) is 5.10 Å². The quantitative estimate of drug-likeness (QED) is 0.635. The normalized spacial score (nSPS) is 17.0. The van der Waals surface area contributed by atoms with Gasteiger partial charge in [-0.3, -0.25) is 14.3 Å². The molecule has 1 fully saturated rings. The minimum absolute atomic E-state index is 0.0963. The van der Waals surface area contributed by atoms with Crippen molar-refractivity contribution < 1.29 is 14.3 Å². The first-order valence-electron chi connectivity index (χ1n) is 4.79. The monoisotopic (exact) mass is 224 g/mol. The van der Waals surface area contributed by atoms with Crippen molar-refractivity contribution in [3.8, 4) is 0 Å². The summed E-state index contributed by atoms with van der Waals surface area (Å²) in [6.07, 6.45) is 1.55. The number of aryl methyl sites for hydroxylation is 1. The molecule has 0 aromatic carbocycles. The summed E-state index contributed by atoms with van der Waals surface area (Å²) in [5.41, 5.74) is 6.19. The van der Waals surface area contributed by atoms with Crippen LogP contribution in [0.25, 0.3) is 0 Å². The largest absolute Gasteiger partial charge is 0.362 e. The molecule has 1 saturated heterocycles. The number of amides is 2. The van der Waals surface area contributed by atoms with Gasteiger partial charge in [0.25, 0.3) is 11.8 Å². The molecule has 1 aliphatic rings. The van der Waals surface area contributed by atoms with Gasteiger partial charge in [0.1, 0.15) is 19.0 Å². The van der Waals surface area contributed by atoms with Gasteiger partial charge in [-0.25, -0.2) is 4.90 Å². The topological polar surface area (TPSA) is 90.5 Å². The summed E-state index contributed by atoms with van der Waals surface area (Å²) in [6, 6.07) is 0. The fourth-order valence-corrected chi connectivity index (χ4v) is 1.64. The van der Waals surface area contributed by atoms with Crippen molar-refractivity contribution in [1.29, 1.82) is 0 Å². The third kappa shape index (κ3) is 1.59. The average molecular weight is 224 g/mol. The van der Waals surface area contributed by atoms with Gasteiger partial charge in [-0.1, -0.05) is 0 Å². The Bertz CT molecular complexity index is 424. The van der Waals surface area contributed by atoms with Crippen LogP contribution in [0.4, 0.5) is 5.82 Å². The van der Waals surface area contributed by atoms with Crippen LogP contribution in [0.1, 0.15) is 5.56 Å². The van der Waals surface area contributed by atoms with Crippen LogP contribution >= 0.6 is 0 Å². The van der Waals surface area contributed by atoms with Gasteiger partial charge in [0.2, 0.25) is 0 Å². The van der Waals surface area contributed by atoms with E-state index in [1.54, 1.807) is 13.2 Å². The molecule has 0 unspecified atom stereocenters. The Kier molecular flexibility index (Phi) is 2.71. The third-order valence-electron chi connectivity index (χ3n) is 2.36. The van der Waals surface area contributed by atoms with Crippen LogP contribution in [0.15, 0.2) is 6.20 Å². The maximum atomic E-state index is 11.6. The summed E-state index contributed by atoms with van der Waals surface area (Å²) in [5, 5.41) is 3.98. The van der Waals surface area contributed by atoms with E-state index in [-0.39, 0.29) is 19.8 Å². The van der Waals surface area contributed by atoms with Crippen LogP contribution in [-0.2, 0) is 27.9 Å². The van der Waals surface area contributed by atoms with E-state index in [4.69, 9.17) is 10.5 Å². The maximum Gasteiger partial charge on any atom is 0.261 e. The Morgan fingerprint density at radius 3 is 2.62 bits per heavy atom. The van der Waals surface area contributed by atoms with E-state index < -0.39 is 11.8 Å². The van der Waals surface area contributed by atoms with E-state index in [0.717, 1.165) is 4.90 Å². The second-order valence-electron chi connectivity index (χ2n) is 3.44. The Morgan fingerprint density at radius 2 is 2.06 bits per heavy atom. The van der Waals surface area contributed by atoms with Gasteiger partial charge in [0.05, 0.1) is 6.20 Å². The number of nitrogens with two attached hydrogens (primary N) is 1. The van der Waals surface area contributed by atoms with Gasteiger partial charge < -0.3 is 10.5 Å². The van der Waals surface area contributed by atoms with Crippen LogP contribution < -0.4 is 10.6 Å². The molecule has 2 amide bonds. The zero-order chi connectivity index (χ0) is 11.7. The second-order valence-corrected chi connectivity index (χ2v) is 3.44.